The maximum absolute atomic E-state index is 11.8. The van der Waals surface area contributed by atoms with Crippen LogP contribution >= 0.6 is 0 Å². The first-order valence-electron chi connectivity index (χ1n) is 5.82. The molecule has 2 heterocycles. The third-order valence-electron chi connectivity index (χ3n) is 2.80. The zero-order chi connectivity index (χ0) is 12.5. The van der Waals surface area contributed by atoms with E-state index in [1.165, 1.54) is 4.52 Å². The summed E-state index contributed by atoms with van der Waals surface area (Å²) in [4.78, 5) is 19.3. The molecule has 18 heavy (non-hydrogen) atoms. The van der Waals surface area contributed by atoms with E-state index in [9.17, 15) is 4.79 Å². The van der Waals surface area contributed by atoms with Gasteiger partial charge in [-0.05, 0) is 6.42 Å². The summed E-state index contributed by atoms with van der Waals surface area (Å²) >= 11 is 0. The van der Waals surface area contributed by atoms with Crippen molar-refractivity contribution in [2.45, 2.75) is 13.3 Å². The summed E-state index contributed by atoms with van der Waals surface area (Å²) in [7, 11) is 0. The molecule has 0 fully saturated rings. The molecule has 0 aliphatic heterocycles. The second-order valence-electron chi connectivity index (χ2n) is 4.02. The summed E-state index contributed by atoms with van der Waals surface area (Å²) in [5.41, 5.74) is 1.60. The van der Waals surface area contributed by atoms with Crippen molar-refractivity contribution < 1.29 is 0 Å². The maximum Gasteiger partial charge on any atom is 0.275 e. The molecule has 3 rings (SSSR count). The van der Waals surface area contributed by atoms with Crippen molar-refractivity contribution in [1.29, 1.82) is 0 Å². The Morgan fingerprint density at radius 2 is 2.06 bits per heavy atom. The zero-order valence-electron chi connectivity index (χ0n) is 9.92. The third kappa shape index (κ3) is 1.69. The van der Waals surface area contributed by atoms with Gasteiger partial charge in [-0.3, -0.25) is 4.79 Å². The fourth-order valence-corrected chi connectivity index (χ4v) is 1.84. The van der Waals surface area contributed by atoms with Gasteiger partial charge in [-0.2, -0.15) is 9.50 Å². The van der Waals surface area contributed by atoms with Crippen LogP contribution in [0.4, 0.5) is 0 Å². The molecule has 0 bridgehead atoms. The minimum absolute atomic E-state index is 0.157. The minimum Gasteiger partial charge on any atom is -0.328 e. The van der Waals surface area contributed by atoms with E-state index >= 15 is 0 Å². The maximum atomic E-state index is 11.8. The largest absolute Gasteiger partial charge is 0.328 e. The van der Waals surface area contributed by atoms with Gasteiger partial charge in [0.05, 0.1) is 0 Å². The second-order valence-corrected chi connectivity index (χ2v) is 4.02. The van der Waals surface area contributed by atoms with E-state index in [0.29, 0.717) is 11.6 Å². The summed E-state index contributed by atoms with van der Waals surface area (Å²) in [6.07, 6.45) is 0.763. The van der Waals surface area contributed by atoms with Gasteiger partial charge < -0.3 is 4.98 Å². The van der Waals surface area contributed by atoms with Gasteiger partial charge in [0.15, 0.2) is 5.82 Å². The molecular weight excluding hydrogens is 228 g/mol. The molecule has 0 unspecified atom stereocenters. The number of aromatic amines is 1. The van der Waals surface area contributed by atoms with Crippen LogP contribution in [0, 0.1) is 0 Å². The van der Waals surface area contributed by atoms with Crippen LogP contribution in [0.15, 0.2) is 41.2 Å². The Hall–Kier alpha value is -2.43. The van der Waals surface area contributed by atoms with Crippen LogP contribution in [0.25, 0.3) is 17.2 Å². The Balaban J connectivity index is 2.23. The van der Waals surface area contributed by atoms with E-state index < -0.39 is 0 Å². The van der Waals surface area contributed by atoms with Gasteiger partial charge in [0.2, 0.25) is 5.78 Å². The fraction of sp³-hybridized carbons (Fsp3) is 0.154. The molecule has 5 nitrogen and oxygen atoms in total. The number of benzene rings is 1. The lowest BCUT2D eigenvalue weighted by Gasteiger charge is -1.95. The molecule has 90 valence electrons. The summed E-state index contributed by atoms with van der Waals surface area (Å²) in [6, 6.07) is 11.1. The smallest absolute Gasteiger partial charge is 0.275 e. The Bertz CT molecular complexity index is 743. The first-order chi connectivity index (χ1) is 8.78. The van der Waals surface area contributed by atoms with Crippen molar-refractivity contribution in [2.24, 2.45) is 0 Å². The molecule has 1 N–H and O–H groups in total. The number of hydrogen-bond donors (Lipinski definition) is 1. The fourth-order valence-electron chi connectivity index (χ4n) is 1.84. The summed E-state index contributed by atoms with van der Waals surface area (Å²) in [5, 5.41) is 4.22. The van der Waals surface area contributed by atoms with Gasteiger partial charge in [-0.1, -0.05) is 37.3 Å². The van der Waals surface area contributed by atoms with Gasteiger partial charge in [-0.25, -0.2) is 0 Å². The number of H-pyrrole nitrogens is 1. The van der Waals surface area contributed by atoms with Crippen molar-refractivity contribution in [3.05, 3.63) is 52.4 Å². The molecule has 0 spiro atoms. The molecule has 3 aromatic rings. The molecular formula is C13H12N4O. The molecule has 0 saturated carbocycles. The highest BCUT2D eigenvalue weighted by Crippen LogP contribution is 2.13. The van der Waals surface area contributed by atoms with E-state index in [1.807, 2.05) is 37.3 Å². The lowest BCUT2D eigenvalue weighted by molar-refractivity contribution is 0.877. The number of aromatic nitrogens is 4. The Morgan fingerprint density at radius 1 is 1.28 bits per heavy atom. The first-order valence-corrected chi connectivity index (χ1v) is 5.82. The summed E-state index contributed by atoms with van der Waals surface area (Å²) in [6.45, 7) is 1.98. The Labute approximate surface area is 103 Å². The van der Waals surface area contributed by atoms with E-state index in [4.69, 9.17) is 0 Å². The van der Waals surface area contributed by atoms with E-state index in [2.05, 4.69) is 15.1 Å². The number of nitrogens with one attached hydrogen (secondary N) is 1. The predicted molar refractivity (Wildman–Crippen MR) is 68.4 cm³/mol. The van der Waals surface area contributed by atoms with Crippen LogP contribution in [0.5, 0.6) is 0 Å². The number of aryl methyl sites for hydroxylation is 1. The minimum atomic E-state index is -0.157. The number of fused-ring (bicyclic) bond motifs is 1. The van der Waals surface area contributed by atoms with Gasteiger partial charge in [0.1, 0.15) is 0 Å². The van der Waals surface area contributed by atoms with E-state index in [0.717, 1.165) is 17.7 Å². The van der Waals surface area contributed by atoms with Crippen LogP contribution in [-0.2, 0) is 6.42 Å². The normalized spacial score (nSPS) is 10.9. The highest BCUT2D eigenvalue weighted by Gasteiger charge is 2.08. The van der Waals surface area contributed by atoms with Gasteiger partial charge in [0, 0.05) is 17.3 Å². The van der Waals surface area contributed by atoms with Crippen molar-refractivity contribution in [2.75, 3.05) is 0 Å². The van der Waals surface area contributed by atoms with Crippen LogP contribution in [-0.4, -0.2) is 19.6 Å². The Morgan fingerprint density at radius 3 is 2.78 bits per heavy atom. The molecule has 0 aliphatic rings. The average Bonchev–Trinajstić information content (AvgIpc) is 2.84. The van der Waals surface area contributed by atoms with Gasteiger partial charge in [0.25, 0.3) is 5.56 Å². The molecule has 0 saturated heterocycles. The second kappa shape index (κ2) is 4.10. The van der Waals surface area contributed by atoms with Crippen molar-refractivity contribution in [3.63, 3.8) is 0 Å². The van der Waals surface area contributed by atoms with Crippen molar-refractivity contribution in [1.82, 2.24) is 19.6 Å². The van der Waals surface area contributed by atoms with Crippen molar-refractivity contribution >= 4 is 5.78 Å². The van der Waals surface area contributed by atoms with Crippen molar-refractivity contribution in [3.8, 4) is 11.4 Å². The van der Waals surface area contributed by atoms with Crippen LogP contribution in [0.2, 0.25) is 0 Å². The quantitative estimate of drug-likeness (QED) is 0.740. The lowest BCUT2D eigenvalue weighted by Crippen LogP contribution is -2.15. The van der Waals surface area contributed by atoms with Gasteiger partial charge in [-0.15, -0.1) is 5.10 Å². The molecule has 0 radical (unpaired) electrons. The molecule has 0 amide bonds. The highest BCUT2D eigenvalue weighted by molar-refractivity contribution is 5.56. The van der Waals surface area contributed by atoms with Crippen LogP contribution in [0.3, 0.4) is 0 Å². The number of nitrogens with zero attached hydrogens (tertiary/aromatic N) is 3. The molecule has 1 aromatic carbocycles. The topological polar surface area (TPSA) is 63.1 Å². The lowest BCUT2D eigenvalue weighted by atomic mass is 10.2. The number of hydrogen-bond acceptors (Lipinski definition) is 3. The van der Waals surface area contributed by atoms with Crippen LogP contribution in [0.1, 0.15) is 12.6 Å². The summed E-state index contributed by atoms with van der Waals surface area (Å²) in [5.74, 6) is 1.04. The predicted octanol–water partition coefficient (Wildman–Crippen LogP) is 1.65. The molecule has 2 aromatic heterocycles. The third-order valence-corrected chi connectivity index (χ3v) is 2.80. The number of rotatable bonds is 2. The molecule has 5 heteroatoms. The monoisotopic (exact) mass is 240 g/mol. The molecule has 0 atom stereocenters. The molecule has 0 aliphatic carbocycles. The van der Waals surface area contributed by atoms with Gasteiger partial charge >= 0.3 is 0 Å². The standard InChI is InChI=1S/C13H12N4O/c1-2-10-8-11(18)17-13(14-10)15-12(16-17)9-6-4-3-5-7-9/h3-8H,2H2,1H3,(H,14,15,16). The average molecular weight is 240 g/mol. The summed E-state index contributed by atoms with van der Waals surface area (Å²) < 4.78 is 1.29. The van der Waals surface area contributed by atoms with E-state index in [1.54, 1.807) is 6.07 Å². The zero-order valence-corrected chi connectivity index (χ0v) is 9.92. The SMILES string of the molecule is CCc1cc(=O)n2nc(-c3ccccc3)nc2[nH]1. The van der Waals surface area contributed by atoms with E-state index in [-0.39, 0.29) is 5.56 Å². The van der Waals surface area contributed by atoms with Crippen LogP contribution < -0.4 is 5.56 Å². The first kappa shape index (κ1) is 10.7. The highest BCUT2D eigenvalue weighted by atomic mass is 16.1. The Kier molecular flexibility index (Phi) is 2.44.